The molecule has 0 radical (unpaired) electrons. The summed E-state index contributed by atoms with van der Waals surface area (Å²) in [4.78, 5) is 13.4. The summed E-state index contributed by atoms with van der Waals surface area (Å²) >= 11 is 0. The number of nitriles is 1. The highest BCUT2D eigenvalue weighted by Crippen LogP contribution is 2.18. The zero-order chi connectivity index (χ0) is 13.0. The largest absolute Gasteiger partial charge is 0.369 e. The smallest absolute Gasteiger partial charge is 0.220 e. The van der Waals surface area contributed by atoms with Crippen LogP contribution in [-0.2, 0) is 11.3 Å². The Labute approximate surface area is 107 Å². The number of nitrogens with zero attached hydrogens (tertiary/aromatic N) is 2. The van der Waals surface area contributed by atoms with Crippen molar-refractivity contribution in [3.63, 3.8) is 0 Å². The molecule has 0 atom stereocenters. The summed E-state index contributed by atoms with van der Waals surface area (Å²) in [6, 6.07) is 9.76. The minimum atomic E-state index is -0.173. The van der Waals surface area contributed by atoms with Gasteiger partial charge in [0.2, 0.25) is 5.91 Å². The van der Waals surface area contributed by atoms with Crippen molar-refractivity contribution in [3.8, 4) is 6.07 Å². The number of likely N-dealkylation sites (tertiary alicyclic amines) is 1. The SMILES string of the molecule is N#Cc1ccc(CN2CCC(C(N)=O)CC2)cc1. The Morgan fingerprint density at radius 2 is 1.94 bits per heavy atom. The predicted molar refractivity (Wildman–Crippen MR) is 68.4 cm³/mol. The van der Waals surface area contributed by atoms with E-state index in [1.165, 1.54) is 5.56 Å². The lowest BCUT2D eigenvalue weighted by Gasteiger charge is -2.30. The Balaban J connectivity index is 1.87. The lowest BCUT2D eigenvalue weighted by atomic mass is 9.96. The van der Waals surface area contributed by atoms with Crippen LogP contribution in [0.2, 0.25) is 0 Å². The third-order valence-corrected chi connectivity index (χ3v) is 3.48. The molecule has 0 saturated carbocycles. The number of primary amides is 1. The van der Waals surface area contributed by atoms with Gasteiger partial charge in [-0.1, -0.05) is 12.1 Å². The Morgan fingerprint density at radius 3 is 2.44 bits per heavy atom. The normalized spacial score (nSPS) is 17.3. The average molecular weight is 243 g/mol. The molecular weight excluding hydrogens is 226 g/mol. The van der Waals surface area contributed by atoms with Gasteiger partial charge in [-0.2, -0.15) is 5.26 Å². The van der Waals surface area contributed by atoms with Crippen LogP contribution in [0.3, 0.4) is 0 Å². The van der Waals surface area contributed by atoms with E-state index in [0.717, 1.165) is 32.5 Å². The molecule has 1 saturated heterocycles. The van der Waals surface area contributed by atoms with Gasteiger partial charge in [0, 0.05) is 12.5 Å². The summed E-state index contributed by atoms with van der Waals surface area (Å²) in [5, 5.41) is 8.73. The molecule has 94 valence electrons. The third-order valence-electron chi connectivity index (χ3n) is 3.48. The number of rotatable bonds is 3. The number of hydrogen-bond donors (Lipinski definition) is 1. The summed E-state index contributed by atoms with van der Waals surface area (Å²) in [6.07, 6.45) is 1.71. The van der Waals surface area contributed by atoms with Crippen LogP contribution in [0.1, 0.15) is 24.0 Å². The van der Waals surface area contributed by atoms with Crippen molar-refractivity contribution in [2.45, 2.75) is 19.4 Å². The van der Waals surface area contributed by atoms with Gasteiger partial charge in [-0.15, -0.1) is 0 Å². The highest BCUT2D eigenvalue weighted by atomic mass is 16.1. The fourth-order valence-corrected chi connectivity index (χ4v) is 2.32. The molecule has 1 fully saturated rings. The van der Waals surface area contributed by atoms with E-state index in [-0.39, 0.29) is 11.8 Å². The summed E-state index contributed by atoms with van der Waals surface area (Å²) in [5.41, 5.74) is 7.20. The number of carbonyl (C=O) groups excluding carboxylic acids is 1. The van der Waals surface area contributed by atoms with E-state index in [4.69, 9.17) is 11.0 Å². The Kier molecular flexibility index (Phi) is 3.96. The Hall–Kier alpha value is -1.86. The highest BCUT2D eigenvalue weighted by molar-refractivity contribution is 5.76. The highest BCUT2D eigenvalue weighted by Gasteiger charge is 2.22. The van der Waals surface area contributed by atoms with E-state index < -0.39 is 0 Å². The van der Waals surface area contributed by atoms with Crippen LogP contribution in [0.5, 0.6) is 0 Å². The molecule has 0 aromatic heterocycles. The van der Waals surface area contributed by atoms with E-state index in [1.807, 2.05) is 24.3 Å². The van der Waals surface area contributed by atoms with Crippen molar-refractivity contribution < 1.29 is 4.79 Å². The second kappa shape index (κ2) is 5.65. The molecule has 4 heteroatoms. The molecule has 18 heavy (non-hydrogen) atoms. The van der Waals surface area contributed by atoms with Crippen LogP contribution < -0.4 is 5.73 Å². The molecule has 0 spiro atoms. The van der Waals surface area contributed by atoms with Crippen LogP contribution in [0, 0.1) is 17.2 Å². The van der Waals surface area contributed by atoms with E-state index in [2.05, 4.69) is 11.0 Å². The predicted octanol–water partition coefficient (Wildman–Crippen LogP) is 1.26. The van der Waals surface area contributed by atoms with Gasteiger partial charge < -0.3 is 5.73 Å². The molecule has 0 bridgehead atoms. The minimum Gasteiger partial charge on any atom is -0.369 e. The fraction of sp³-hybridized carbons (Fsp3) is 0.429. The maximum Gasteiger partial charge on any atom is 0.220 e. The standard InChI is InChI=1S/C14H17N3O/c15-9-11-1-3-12(4-2-11)10-17-7-5-13(6-8-17)14(16)18/h1-4,13H,5-8,10H2,(H2,16,18). The van der Waals surface area contributed by atoms with Gasteiger partial charge in [0.25, 0.3) is 0 Å². The average Bonchev–Trinajstić information content (AvgIpc) is 2.40. The molecule has 1 heterocycles. The molecule has 4 nitrogen and oxygen atoms in total. The van der Waals surface area contributed by atoms with E-state index in [9.17, 15) is 4.79 Å². The lowest BCUT2D eigenvalue weighted by molar-refractivity contribution is -0.123. The number of piperidine rings is 1. The quantitative estimate of drug-likeness (QED) is 0.868. The molecule has 0 aliphatic carbocycles. The molecule has 1 amide bonds. The third kappa shape index (κ3) is 3.08. The molecule has 1 aromatic rings. The van der Waals surface area contributed by atoms with Gasteiger partial charge in [0.1, 0.15) is 0 Å². The number of benzene rings is 1. The second-order valence-corrected chi connectivity index (χ2v) is 4.76. The topological polar surface area (TPSA) is 70.1 Å². The summed E-state index contributed by atoms with van der Waals surface area (Å²) in [7, 11) is 0. The van der Waals surface area contributed by atoms with Crippen molar-refractivity contribution in [2.24, 2.45) is 11.7 Å². The first-order valence-electron chi connectivity index (χ1n) is 6.20. The van der Waals surface area contributed by atoms with Crippen molar-refractivity contribution in [1.29, 1.82) is 5.26 Å². The number of hydrogen-bond acceptors (Lipinski definition) is 3. The van der Waals surface area contributed by atoms with E-state index in [0.29, 0.717) is 5.56 Å². The Bertz CT molecular complexity index is 453. The zero-order valence-electron chi connectivity index (χ0n) is 10.3. The van der Waals surface area contributed by atoms with E-state index >= 15 is 0 Å². The molecule has 2 N–H and O–H groups in total. The first kappa shape index (κ1) is 12.6. The van der Waals surface area contributed by atoms with Crippen LogP contribution in [0.4, 0.5) is 0 Å². The van der Waals surface area contributed by atoms with Gasteiger partial charge in [0.15, 0.2) is 0 Å². The van der Waals surface area contributed by atoms with Crippen LogP contribution in [-0.4, -0.2) is 23.9 Å². The molecule has 1 aromatic carbocycles. The minimum absolute atomic E-state index is 0.0437. The van der Waals surface area contributed by atoms with Crippen molar-refractivity contribution >= 4 is 5.91 Å². The monoisotopic (exact) mass is 243 g/mol. The van der Waals surface area contributed by atoms with Crippen LogP contribution in [0.15, 0.2) is 24.3 Å². The first-order valence-corrected chi connectivity index (χ1v) is 6.20. The molecule has 1 aliphatic heterocycles. The van der Waals surface area contributed by atoms with Crippen LogP contribution in [0.25, 0.3) is 0 Å². The molecular formula is C14H17N3O. The van der Waals surface area contributed by atoms with E-state index in [1.54, 1.807) is 0 Å². The van der Waals surface area contributed by atoms with Gasteiger partial charge in [-0.05, 0) is 43.6 Å². The summed E-state index contributed by atoms with van der Waals surface area (Å²) in [5.74, 6) is -0.129. The number of nitrogens with two attached hydrogens (primary N) is 1. The maximum absolute atomic E-state index is 11.1. The summed E-state index contributed by atoms with van der Waals surface area (Å²) < 4.78 is 0. The molecule has 2 rings (SSSR count). The number of carbonyl (C=O) groups is 1. The molecule has 0 unspecified atom stereocenters. The van der Waals surface area contributed by atoms with Gasteiger partial charge in [0.05, 0.1) is 11.6 Å². The number of amides is 1. The molecule has 1 aliphatic rings. The van der Waals surface area contributed by atoms with Gasteiger partial charge in [-0.3, -0.25) is 9.69 Å². The summed E-state index contributed by atoms with van der Waals surface area (Å²) in [6.45, 7) is 2.69. The zero-order valence-corrected chi connectivity index (χ0v) is 10.3. The van der Waals surface area contributed by atoms with Crippen molar-refractivity contribution in [3.05, 3.63) is 35.4 Å². The first-order chi connectivity index (χ1) is 8.69. The fourth-order valence-electron chi connectivity index (χ4n) is 2.32. The Morgan fingerprint density at radius 1 is 1.33 bits per heavy atom. The van der Waals surface area contributed by atoms with Crippen molar-refractivity contribution in [2.75, 3.05) is 13.1 Å². The maximum atomic E-state index is 11.1. The lowest BCUT2D eigenvalue weighted by Crippen LogP contribution is -2.38. The van der Waals surface area contributed by atoms with Crippen molar-refractivity contribution in [1.82, 2.24) is 4.90 Å². The van der Waals surface area contributed by atoms with Gasteiger partial charge >= 0.3 is 0 Å². The van der Waals surface area contributed by atoms with Crippen LogP contribution >= 0.6 is 0 Å². The second-order valence-electron chi connectivity index (χ2n) is 4.76. The van der Waals surface area contributed by atoms with Gasteiger partial charge in [-0.25, -0.2) is 0 Å².